The van der Waals surface area contributed by atoms with Crippen LogP contribution in [0.5, 0.6) is 0 Å². The average molecular weight is 377 g/mol. The molecule has 2 amide bonds. The summed E-state index contributed by atoms with van der Waals surface area (Å²) < 4.78 is 0. The van der Waals surface area contributed by atoms with Crippen LogP contribution in [-0.2, 0) is 4.79 Å². The number of carbonyl (C=O) groups is 2. The van der Waals surface area contributed by atoms with Gasteiger partial charge < -0.3 is 15.5 Å². The number of amides is 2. The summed E-state index contributed by atoms with van der Waals surface area (Å²) in [7, 11) is 4.00. The van der Waals surface area contributed by atoms with Gasteiger partial charge in [-0.05, 0) is 56.3 Å². The van der Waals surface area contributed by atoms with Gasteiger partial charge in [-0.25, -0.2) is 0 Å². The van der Waals surface area contributed by atoms with E-state index in [0.717, 1.165) is 24.0 Å². The van der Waals surface area contributed by atoms with Crippen LogP contribution in [0.25, 0.3) is 6.08 Å². The second-order valence-corrected chi connectivity index (χ2v) is 7.34. The largest absolute Gasteiger partial charge is 0.351 e. The van der Waals surface area contributed by atoms with E-state index in [0.29, 0.717) is 18.2 Å². The van der Waals surface area contributed by atoms with Crippen molar-refractivity contribution in [1.29, 1.82) is 0 Å². The van der Waals surface area contributed by atoms with Crippen LogP contribution in [0, 0.1) is 0 Å². The van der Waals surface area contributed by atoms with Gasteiger partial charge in [0.25, 0.3) is 5.91 Å². The predicted octanol–water partition coefficient (Wildman–Crippen LogP) is 3.01. The van der Waals surface area contributed by atoms with E-state index in [9.17, 15) is 9.59 Å². The van der Waals surface area contributed by atoms with E-state index in [2.05, 4.69) is 27.7 Å². The van der Waals surface area contributed by atoms with Crippen LogP contribution in [0.3, 0.4) is 0 Å². The monoisotopic (exact) mass is 377 g/mol. The molecule has 1 aliphatic carbocycles. The summed E-state index contributed by atoms with van der Waals surface area (Å²) in [6.45, 7) is 0.528. The predicted molar refractivity (Wildman–Crippen MR) is 112 cm³/mol. The molecule has 0 aromatic heterocycles. The van der Waals surface area contributed by atoms with E-state index >= 15 is 0 Å². The van der Waals surface area contributed by atoms with Gasteiger partial charge in [0.2, 0.25) is 5.91 Å². The van der Waals surface area contributed by atoms with Crippen LogP contribution in [0.4, 0.5) is 0 Å². The van der Waals surface area contributed by atoms with Gasteiger partial charge in [-0.15, -0.1) is 0 Å². The summed E-state index contributed by atoms with van der Waals surface area (Å²) in [5.74, 6) is -0.176. The van der Waals surface area contributed by atoms with Gasteiger partial charge in [0, 0.05) is 24.2 Å². The fourth-order valence-corrected chi connectivity index (χ4v) is 2.94. The minimum absolute atomic E-state index is 0.0357. The maximum Gasteiger partial charge on any atom is 0.251 e. The Morgan fingerprint density at radius 3 is 2.36 bits per heavy atom. The minimum Gasteiger partial charge on any atom is -0.351 e. The molecule has 2 aromatic rings. The standard InChI is InChI=1S/C23H27N3O2/c1-26(2)21(18-6-4-3-5-7-18)16-24-22(27)15-10-17-8-11-19(12-9-17)23(28)25-20-13-14-20/h3-12,15,20-21H,13-14,16H2,1-2H3,(H,24,27)(H,25,28)/b15-10+. The average Bonchev–Trinajstić information content (AvgIpc) is 3.51. The summed E-state index contributed by atoms with van der Waals surface area (Å²) in [4.78, 5) is 26.3. The van der Waals surface area contributed by atoms with Gasteiger partial charge in [-0.2, -0.15) is 0 Å². The molecule has 0 heterocycles. The lowest BCUT2D eigenvalue weighted by molar-refractivity contribution is -0.116. The summed E-state index contributed by atoms with van der Waals surface area (Å²) in [5.41, 5.74) is 2.69. The lowest BCUT2D eigenvalue weighted by Gasteiger charge is -2.24. The molecule has 0 saturated heterocycles. The Hall–Kier alpha value is -2.92. The number of hydrogen-bond donors (Lipinski definition) is 2. The van der Waals surface area contributed by atoms with Crippen LogP contribution in [-0.4, -0.2) is 43.4 Å². The third-order valence-corrected chi connectivity index (χ3v) is 4.79. The Bertz CT molecular complexity index is 825. The van der Waals surface area contributed by atoms with Crippen LogP contribution in [0.1, 0.15) is 40.4 Å². The molecule has 0 aliphatic heterocycles. The van der Waals surface area contributed by atoms with Gasteiger partial charge in [0.1, 0.15) is 0 Å². The zero-order chi connectivity index (χ0) is 19.9. The zero-order valence-corrected chi connectivity index (χ0v) is 16.4. The quantitative estimate of drug-likeness (QED) is 0.695. The van der Waals surface area contributed by atoms with Gasteiger partial charge >= 0.3 is 0 Å². The number of benzene rings is 2. The number of rotatable bonds is 8. The molecule has 1 atom stereocenters. The fraction of sp³-hybridized carbons (Fsp3) is 0.304. The molecule has 28 heavy (non-hydrogen) atoms. The second kappa shape index (κ2) is 9.33. The van der Waals surface area contributed by atoms with Crippen LogP contribution < -0.4 is 10.6 Å². The smallest absolute Gasteiger partial charge is 0.251 e. The van der Waals surface area contributed by atoms with Gasteiger partial charge in [-0.1, -0.05) is 42.5 Å². The van der Waals surface area contributed by atoms with E-state index in [1.54, 1.807) is 18.2 Å². The second-order valence-electron chi connectivity index (χ2n) is 7.34. The molecule has 2 N–H and O–H groups in total. The highest BCUT2D eigenvalue weighted by Gasteiger charge is 2.23. The molecule has 0 radical (unpaired) electrons. The van der Waals surface area contributed by atoms with Crippen molar-refractivity contribution in [2.24, 2.45) is 0 Å². The van der Waals surface area contributed by atoms with Crippen molar-refractivity contribution in [2.45, 2.75) is 24.9 Å². The highest BCUT2D eigenvalue weighted by molar-refractivity contribution is 5.95. The number of hydrogen-bond acceptors (Lipinski definition) is 3. The molecule has 0 bridgehead atoms. The first kappa shape index (κ1) is 19.8. The van der Waals surface area contributed by atoms with Crippen LogP contribution in [0.15, 0.2) is 60.7 Å². The lowest BCUT2D eigenvalue weighted by Crippen LogP contribution is -2.33. The molecular formula is C23H27N3O2. The van der Waals surface area contributed by atoms with E-state index in [1.165, 1.54) is 6.08 Å². The molecule has 1 aliphatic rings. The zero-order valence-electron chi connectivity index (χ0n) is 16.4. The molecule has 1 saturated carbocycles. The first-order valence-electron chi connectivity index (χ1n) is 9.61. The Labute approximate surface area is 166 Å². The molecule has 5 heteroatoms. The lowest BCUT2D eigenvalue weighted by atomic mass is 10.1. The summed E-state index contributed by atoms with van der Waals surface area (Å²) >= 11 is 0. The molecular weight excluding hydrogens is 350 g/mol. The van der Waals surface area contributed by atoms with E-state index < -0.39 is 0 Å². The Kier molecular flexibility index (Phi) is 6.61. The van der Waals surface area contributed by atoms with Crippen molar-refractivity contribution in [2.75, 3.05) is 20.6 Å². The van der Waals surface area contributed by atoms with Crippen molar-refractivity contribution in [3.05, 3.63) is 77.4 Å². The van der Waals surface area contributed by atoms with Crippen molar-refractivity contribution in [3.8, 4) is 0 Å². The van der Waals surface area contributed by atoms with Crippen LogP contribution >= 0.6 is 0 Å². The maximum absolute atomic E-state index is 12.2. The highest BCUT2D eigenvalue weighted by atomic mass is 16.2. The van der Waals surface area contributed by atoms with E-state index in [1.807, 2.05) is 44.4 Å². The normalized spacial score (nSPS) is 14.8. The Morgan fingerprint density at radius 2 is 1.75 bits per heavy atom. The summed E-state index contributed by atoms with van der Waals surface area (Å²) in [5, 5.41) is 5.92. The van der Waals surface area contributed by atoms with Crippen molar-refractivity contribution < 1.29 is 9.59 Å². The van der Waals surface area contributed by atoms with Crippen molar-refractivity contribution >= 4 is 17.9 Å². The Balaban J connectivity index is 1.52. The molecule has 0 spiro atoms. The third-order valence-electron chi connectivity index (χ3n) is 4.79. The van der Waals surface area contributed by atoms with Gasteiger partial charge in [0.15, 0.2) is 0 Å². The van der Waals surface area contributed by atoms with E-state index in [4.69, 9.17) is 0 Å². The first-order chi connectivity index (χ1) is 13.5. The number of nitrogens with one attached hydrogen (secondary N) is 2. The van der Waals surface area contributed by atoms with E-state index in [-0.39, 0.29) is 17.9 Å². The molecule has 2 aromatic carbocycles. The van der Waals surface area contributed by atoms with Crippen molar-refractivity contribution in [3.63, 3.8) is 0 Å². The minimum atomic E-state index is -0.140. The molecule has 146 valence electrons. The summed E-state index contributed by atoms with van der Waals surface area (Å²) in [6, 6.07) is 17.8. The number of likely N-dealkylation sites (N-methyl/N-ethyl adjacent to an activating group) is 1. The molecule has 1 fully saturated rings. The third kappa shape index (κ3) is 5.79. The fourth-order valence-electron chi connectivity index (χ4n) is 2.94. The maximum atomic E-state index is 12.2. The summed E-state index contributed by atoms with van der Waals surface area (Å²) in [6.07, 6.45) is 5.42. The van der Waals surface area contributed by atoms with Gasteiger partial charge in [0.05, 0.1) is 6.04 Å². The highest BCUT2D eigenvalue weighted by Crippen LogP contribution is 2.19. The molecule has 3 rings (SSSR count). The number of nitrogens with zero attached hydrogens (tertiary/aromatic N) is 1. The Morgan fingerprint density at radius 1 is 1.07 bits per heavy atom. The van der Waals surface area contributed by atoms with Crippen molar-refractivity contribution in [1.82, 2.24) is 15.5 Å². The number of carbonyl (C=O) groups excluding carboxylic acids is 2. The topological polar surface area (TPSA) is 61.4 Å². The molecule has 1 unspecified atom stereocenters. The first-order valence-corrected chi connectivity index (χ1v) is 9.61. The molecule has 5 nitrogen and oxygen atoms in total. The SMILES string of the molecule is CN(C)C(CNC(=O)/C=C/c1ccc(C(=O)NC2CC2)cc1)c1ccccc1. The van der Waals surface area contributed by atoms with Gasteiger partial charge in [-0.3, -0.25) is 9.59 Å². The van der Waals surface area contributed by atoms with Crippen LogP contribution in [0.2, 0.25) is 0 Å².